The topological polar surface area (TPSA) is 122 Å². The third kappa shape index (κ3) is 7.13. The Kier molecular flexibility index (Phi) is 8.56. The minimum Gasteiger partial charge on any atom is -0.452 e. The second kappa shape index (κ2) is 11.6. The molecule has 9 nitrogen and oxygen atoms in total. The molecule has 1 fully saturated rings. The second-order valence-corrected chi connectivity index (χ2v) is 9.57. The lowest BCUT2D eigenvalue weighted by atomic mass is 10.2. The van der Waals surface area contributed by atoms with Crippen LogP contribution in [-0.2, 0) is 26.1 Å². The Balaban J connectivity index is 1.47. The molecule has 0 saturated carbocycles. The molecule has 0 aliphatic carbocycles. The van der Waals surface area contributed by atoms with Crippen LogP contribution in [0.2, 0.25) is 0 Å². The van der Waals surface area contributed by atoms with E-state index in [2.05, 4.69) is 10.6 Å². The molecule has 3 amide bonds. The molecule has 0 radical (unpaired) electrons. The van der Waals surface area contributed by atoms with E-state index < -0.39 is 34.5 Å². The van der Waals surface area contributed by atoms with Crippen LogP contribution in [0, 0.1) is 0 Å². The molecule has 0 unspecified atom stereocenters. The van der Waals surface area contributed by atoms with Crippen molar-refractivity contribution in [3.8, 4) is 0 Å². The van der Waals surface area contributed by atoms with Crippen LogP contribution in [0.3, 0.4) is 0 Å². The van der Waals surface area contributed by atoms with Gasteiger partial charge < -0.3 is 10.1 Å². The van der Waals surface area contributed by atoms with Gasteiger partial charge in [0.05, 0.1) is 10.5 Å². The summed E-state index contributed by atoms with van der Waals surface area (Å²) in [7, 11) is -3.62. The van der Waals surface area contributed by atoms with Crippen LogP contribution in [0.4, 0.5) is 4.79 Å². The smallest absolute Gasteiger partial charge is 0.338 e. The number of sulfonamides is 1. The highest BCUT2D eigenvalue weighted by atomic mass is 32.2. The zero-order chi connectivity index (χ0) is 23.7. The Morgan fingerprint density at radius 3 is 2.15 bits per heavy atom. The molecule has 2 aromatic carbocycles. The molecule has 1 aliphatic rings. The fraction of sp³-hybridized carbons (Fsp3) is 0.348. The van der Waals surface area contributed by atoms with Crippen LogP contribution in [0.15, 0.2) is 59.5 Å². The zero-order valence-corrected chi connectivity index (χ0v) is 19.0. The molecular formula is C23H27N3O6S. The van der Waals surface area contributed by atoms with Crippen LogP contribution in [0.5, 0.6) is 0 Å². The van der Waals surface area contributed by atoms with Gasteiger partial charge in [-0.25, -0.2) is 18.0 Å². The van der Waals surface area contributed by atoms with Gasteiger partial charge in [-0.2, -0.15) is 4.31 Å². The first-order valence-electron chi connectivity index (χ1n) is 10.8. The second-order valence-electron chi connectivity index (χ2n) is 7.64. The standard InChI is InChI=1S/C23H27N3O6S/c27-21(25-23(29)24-16-18-8-4-3-5-9-18)17-32-22(28)19-10-12-20(13-11-19)33(30,31)26-14-6-1-2-7-15-26/h3-5,8-13H,1-2,6-7,14-17H2,(H2,24,25,27,29). The third-order valence-corrected chi connectivity index (χ3v) is 7.09. The van der Waals surface area contributed by atoms with E-state index in [4.69, 9.17) is 4.74 Å². The third-order valence-electron chi connectivity index (χ3n) is 5.18. The van der Waals surface area contributed by atoms with Crippen LogP contribution in [0.1, 0.15) is 41.6 Å². The normalized spacial score (nSPS) is 14.7. The molecule has 1 aliphatic heterocycles. The molecule has 0 bridgehead atoms. The average Bonchev–Trinajstić information content (AvgIpc) is 3.12. The average molecular weight is 474 g/mol. The maximum atomic E-state index is 12.8. The molecule has 176 valence electrons. The fourth-order valence-corrected chi connectivity index (χ4v) is 4.91. The number of carbonyl (C=O) groups excluding carboxylic acids is 3. The number of carbonyl (C=O) groups is 3. The summed E-state index contributed by atoms with van der Waals surface area (Å²) in [5, 5.41) is 4.60. The van der Waals surface area contributed by atoms with Crippen molar-refractivity contribution < 1.29 is 27.5 Å². The highest BCUT2D eigenvalue weighted by molar-refractivity contribution is 7.89. The molecule has 0 atom stereocenters. The number of hydrogen-bond donors (Lipinski definition) is 2. The summed E-state index contributed by atoms with van der Waals surface area (Å²) in [6.07, 6.45) is 3.68. The number of hydrogen-bond acceptors (Lipinski definition) is 6. The predicted molar refractivity (Wildman–Crippen MR) is 121 cm³/mol. The molecule has 3 rings (SSSR count). The Hall–Kier alpha value is -3.24. The Morgan fingerprint density at radius 2 is 1.52 bits per heavy atom. The number of urea groups is 1. The number of amides is 3. The van der Waals surface area contributed by atoms with Gasteiger partial charge in [-0.1, -0.05) is 43.2 Å². The van der Waals surface area contributed by atoms with Crippen molar-refractivity contribution in [1.29, 1.82) is 0 Å². The largest absolute Gasteiger partial charge is 0.452 e. The SMILES string of the molecule is O=C(COC(=O)c1ccc(S(=O)(=O)N2CCCCCC2)cc1)NC(=O)NCc1ccccc1. The summed E-state index contributed by atoms with van der Waals surface area (Å²) < 4.78 is 32.0. The highest BCUT2D eigenvalue weighted by Crippen LogP contribution is 2.20. The lowest BCUT2D eigenvalue weighted by Gasteiger charge is -2.19. The lowest BCUT2D eigenvalue weighted by Crippen LogP contribution is -2.41. The summed E-state index contributed by atoms with van der Waals surface area (Å²) in [6, 6.07) is 13.9. The van der Waals surface area contributed by atoms with Crippen molar-refractivity contribution in [2.24, 2.45) is 0 Å². The summed E-state index contributed by atoms with van der Waals surface area (Å²) >= 11 is 0. The number of rotatable bonds is 7. The first kappa shape index (κ1) is 24.4. The fourth-order valence-electron chi connectivity index (χ4n) is 3.39. The molecule has 2 aromatic rings. The van der Waals surface area contributed by atoms with Crippen LogP contribution < -0.4 is 10.6 Å². The van der Waals surface area contributed by atoms with Crippen LogP contribution >= 0.6 is 0 Å². The van der Waals surface area contributed by atoms with Gasteiger partial charge in [0, 0.05) is 19.6 Å². The molecule has 1 saturated heterocycles. The zero-order valence-electron chi connectivity index (χ0n) is 18.2. The van der Waals surface area contributed by atoms with Crippen molar-refractivity contribution >= 4 is 27.9 Å². The van der Waals surface area contributed by atoms with E-state index in [1.54, 1.807) is 0 Å². The summed E-state index contributed by atoms with van der Waals surface area (Å²) in [6.45, 7) is 0.568. The molecule has 10 heteroatoms. The first-order valence-corrected chi connectivity index (χ1v) is 12.2. The van der Waals surface area contributed by atoms with Crippen molar-refractivity contribution in [1.82, 2.24) is 14.9 Å². The molecule has 33 heavy (non-hydrogen) atoms. The van der Waals surface area contributed by atoms with Gasteiger partial charge in [-0.3, -0.25) is 10.1 Å². The van der Waals surface area contributed by atoms with Gasteiger partial charge in [0.1, 0.15) is 0 Å². The van der Waals surface area contributed by atoms with Crippen LogP contribution in [0.25, 0.3) is 0 Å². The van der Waals surface area contributed by atoms with Gasteiger partial charge in [-0.15, -0.1) is 0 Å². The predicted octanol–water partition coefficient (Wildman–Crippen LogP) is 2.43. The van der Waals surface area contributed by atoms with Crippen molar-refractivity contribution in [3.63, 3.8) is 0 Å². The summed E-state index contributed by atoms with van der Waals surface area (Å²) in [5.74, 6) is -1.58. The van der Waals surface area contributed by atoms with Crippen molar-refractivity contribution in [2.75, 3.05) is 19.7 Å². The maximum Gasteiger partial charge on any atom is 0.338 e. The maximum absolute atomic E-state index is 12.8. The molecule has 1 heterocycles. The lowest BCUT2D eigenvalue weighted by molar-refractivity contribution is -0.123. The molecule has 0 spiro atoms. The van der Waals surface area contributed by atoms with Crippen LogP contribution in [-0.4, -0.2) is 50.3 Å². The van der Waals surface area contributed by atoms with Gasteiger partial charge in [-0.05, 0) is 42.7 Å². The monoisotopic (exact) mass is 473 g/mol. The Morgan fingerprint density at radius 1 is 0.879 bits per heavy atom. The van der Waals surface area contributed by atoms with Crippen molar-refractivity contribution in [2.45, 2.75) is 37.1 Å². The van der Waals surface area contributed by atoms with E-state index in [-0.39, 0.29) is 17.0 Å². The van der Waals surface area contributed by atoms with E-state index in [9.17, 15) is 22.8 Å². The van der Waals surface area contributed by atoms with E-state index in [1.807, 2.05) is 30.3 Å². The Bertz CT molecular complexity index is 1060. The quantitative estimate of drug-likeness (QED) is 0.596. The summed E-state index contributed by atoms with van der Waals surface area (Å²) in [4.78, 5) is 35.9. The Labute approximate surface area is 193 Å². The number of imide groups is 1. The summed E-state index contributed by atoms with van der Waals surface area (Å²) in [5.41, 5.74) is 0.971. The van der Waals surface area contributed by atoms with E-state index in [0.717, 1.165) is 31.2 Å². The molecular weight excluding hydrogens is 446 g/mol. The van der Waals surface area contributed by atoms with Gasteiger partial charge in [0.25, 0.3) is 5.91 Å². The minimum atomic E-state index is -3.62. The molecule has 2 N–H and O–H groups in total. The highest BCUT2D eigenvalue weighted by Gasteiger charge is 2.25. The number of esters is 1. The first-order chi connectivity index (χ1) is 15.9. The van der Waals surface area contributed by atoms with E-state index in [0.29, 0.717) is 13.1 Å². The van der Waals surface area contributed by atoms with Gasteiger partial charge >= 0.3 is 12.0 Å². The molecule has 0 aromatic heterocycles. The number of benzene rings is 2. The number of ether oxygens (including phenoxy) is 1. The van der Waals surface area contributed by atoms with Gasteiger partial charge in [0.15, 0.2) is 6.61 Å². The van der Waals surface area contributed by atoms with E-state index >= 15 is 0 Å². The van der Waals surface area contributed by atoms with E-state index in [1.165, 1.54) is 28.6 Å². The van der Waals surface area contributed by atoms with Crippen molar-refractivity contribution in [3.05, 3.63) is 65.7 Å². The minimum absolute atomic E-state index is 0.103. The van der Waals surface area contributed by atoms with Gasteiger partial charge in [0.2, 0.25) is 10.0 Å². The number of nitrogens with one attached hydrogen (secondary N) is 2. The number of nitrogens with zero attached hydrogens (tertiary/aromatic N) is 1.